The molecule has 1 aromatic heterocycles. The largest absolute Gasteiger partial charge is 0.396 e. The molecule has 2 rings (SSSR count). The van der Waals surface area contributed by atoms with E-state index in [0.29, 0.717) is 0 Å². The molecule has 112 valence electrons. The van der Waals surface area contributed by atoms with Crippen molar-refractivity contribution in [3.05, 3.63) is 24.3 Å². The minimum absolute atomic E-state index is 0.0341. The molecule has 1 N–H and O–H groups in total. The molecule has 1 atom stereocenters. The van der Waals surface area contributed by atoms with Gasteiger partial charge in [-0.3, -0.25) is 4.90 Å². The fourth-order valence-corrected chi connectivity index (χ4v) is 3.12. The molecule has 0 radical (unpaired) electrons. The van der Waals surface area contributed by atoms with Crippen LogP contribution < -0.4 is 0 Å². The van der Waals surface area contributed by atoms with Crippen molar-refractivity contribution in [2.45, 2.75) is 32.2 Å². The van der Waals surface area contributed by atoms with Crippen LogP contribution in [0.1, 0.15) is 31.2 Å². The van der Waals surface area contributed by atoms with Crippen LogP contribution in [0.25, 0.3) is 0 Å². The summed E-state index contributed by atoms with van der Waals surface area (Å²) in [6, 6.07) is 0. The van der Waals surface area contributed by atoms with Gasteiger partial charge in [-0.2, -0.15) is 0 Å². The van der Waals surface area contributed by atoms with E-state index < -0.39 is 0 Å². The molecular weight excluding hydrogens is 254 g/mol. The number of ether oxygens (including phenoxy) is 1. The van der Waals surface area contributed by atoms with E-state index in [9.17, 15) is 5.11 Å². The Morgan fingerprint density at radius 1 is 1.40 bits per heavy atom. The Hall–Kier alpha value is -1.04. The molecule has 5 nitrogen and oxygen atoms in total. The average molecular weight is 279 g/mol. The Morgan fingerprint density at radius 3 is 2.90 bits per heavy atom. The van der Waals surface area contributed by atoms with Gasteiger partial charge in [-0.05, 0) is 32.2 Å². The highest BCUT2D eigenvalue weighted by atomic mass is 16.5. The minimum Gasteiger partial charge on any atom is -0.396 e. The van der Waals surface area contributed by atoms with Gasteiger partial charge in [0.05, 0.1) is 0 Å². The normalized spacial score (nSPS) is 23.9. The van der Waals surface area contributed by atoms with Gasteiger partial charge in [0.1, 0.15) is 6.33 Å². The first-order valence-corrected chi connectivity index (χ1v) is 7.34. The predicted molar refractivity (Wildman–Crippen MR) is 77.2 cm³/mol. The number of methoxy groups -OCH3 is 1. The maximum atomic E-state index is 9.83. The van der Waals surface area contributed by atoms with Crippen molar-refractivity contribution in [1.29, 1.82) is 0 Å². The van der Waals surface area contributed by atoms with Crippen LogP contribution in [0, 0.1) is 5.41 Å². The van der Waals surface area contributed by atoms with Gasteiger partial charge in [0, 0.05) is 56.8 Å². The fourth-order valence-electron chi connectivity index (χ4n) is 3.12. The third-order valence-corrected chi connectivity index (χ3v) is 4.15. The predicted octanol–water partition coefficient (Wildman–Crippen LogP) is 1.48. The number of hydrogen-bond acceptors (Lipinski definition) is 5. The second-order valence-electron chi connectivity index (χ2n) is 5.82. The van der Waals surface area contributed by atoms with Crippen LogP contribution in [-0.2, 0) is 11.3 Å². The minimum atomic E-state index is 0.0341. The highest BCUT2D eigenvalue weighted by Crippen LogP contribution is 2.34. The van der Waals surface area contributed by atoms with Crippen LogP contribution >= 0.6 is 0 Å². The lowest BCUT2D eigenvalue weighted by Crippen LogP contribution is -2.45. The van der Waals surface area contributed by atoms with Crippen molar-refractivity contribution in [2.24, 2.45) is 5.41 Å². The third-order valence-electron chi connectivity index (χ3n) is 4.15. The zero-order valence-corrected chi connectivity index (χ0v) is 12.3. The molecule has 0 aliphatic carbocycles. The van der Waals surface area contributed by atoms with Gasteiger partial charge in [-0.15, -0.1) is 0 Å². The first-order valence-electron chi connectivity index (χ1n) is 7.34. The molecule has 0 saturated carbocycles. The van der Waals surface area contributed by atoms with Gasteiger partial charge in [0.25, 0.3) is 0 Å². The molecule has 1 saturated heterocycles. The van der Waals surface area contributed by atoms with Crippen molar-refractivity contribution < 1.29 is 9.84 Å². The summed E-state index contributed by atoms with van der Waals surface area (Å²) in [5.74, 6) is 0. The Bertz CT molecular complexity index is 388. The average Bonchev–Trinajstić information content (AvgIpc) is 2.49. The first kappa shape index (κ1) is 15.4. The Kier molecular flexibility index (Phi) is 5.88. The molecule has 1 fully saturated rings. The van der Waals surface area contributed by atoms with Gasteiger partial charge in [-0.1, -0.05) is 0 Å². The topological polar surface area (TPSA) is 58.5 Å². The highest BCUT2D eigenvalue weighted by Gasteiger charge is 2.34. The van der Waals surface area contributed by atoms with E-state index in [2.05, 4.69) is 14.9 Å². The maximum absolute atomic E-state index is 9.83. The van der Waals surface area contributed by atoms with Crippen molar-refractivity contribution in [3.63, 3.8) is 0 Å². The zero-order valence-electron chi connectivity index (χ0n) is 12.3. The molecule has 1 aromatic rings. The fraction of sp³-hybridized carbons (Fsp3) is 0.733. The number of aliphatic hydroxyl groups excluding tert-OH is 1. The molecule has 20 heavy (non-hydrogen) atoms. The van der Waals surface area contributed by atoms with Crippen LogP contribution in [0.2, 0.25) is 0 Å². The standard InChI is InChI=1S/C15H25N3O2/c1-20-7-3-5-15(12-19)4-2-6-18(11-15)10-14-8-16-13-17-9-14/h8-9,13,19H,2-7,10-12H2,1H3. The van der Waals surface area contributed by atoms with E-state index in [0.717, 1.165) is 57.5 Å². The van der Waals surface area contributed by atoms with Crippen molar-refractivity contribution >= 4 is 0 Å². The van der Waals surface area contributed by atoms with Gasteiger partial charge in [0.15, 0.2) is 0 Å². The lowest BCUT2D eigenvalue weighted by Gasteiger charge is -2.42. The van der Waals surface area contributed by atoms with Crippen molar-refractivity contribution in [3.8, 4) is 0 Å². The molecular formula is C15H25N3O2. The summed E-state index contributed by atoms with van der Waals surface area (Å²) in [5, 5.41) is 9.83. The van der Waals surface area contributed by atoms with E-state index in [1.54, 1.807) is 13.4 Å². The van der Waals surface area contributed by atoms with Crippen LogP contribution in [0.5, 0.6) is 0 Å². The smallest absolute Gasteiger partial charge is 0.115 e. The monoisotopic (exact) mass is 279 g/mol. The van der Waals surface area contributed by atoms with Crippen molar-refractivity contribution in [1.82, 2.24) is 14.9 Å². The molecule has 1 aliphatic heterocycles. The molecule has 1 unspecified atom stereocenters. The quantitative estimate of drug-likeness (QED) is 0.766. The van der Waals surface area contributed by atoms with E-state index in [4.69, 9.17) is 4.74 Å². The number of aromatic nitrogens is 2. The SMILES string of the molecule is COCCCC1(CO)CCCN(Cc2cncnc2)C1. The number of likely N-dealkylation sites (tertiary alicyclic amines) is 1. The summed E-state index contributed by atoms with van der Waals surface area (Å²) < 4.78 is 5.13. The number of piperidine rings is 1. The maximum Gasteiger partial charge on any atom is 0.115 e. The lowest BCUT2D eigenvalue weighted by atomic mass is 9.77. The molecule has 0 aromatic carbocycles. The summed E-state index contributed by atoms with van der Waals surface area (Å²) in [6.07, 6.45) is 9.58. The molecule has 1 aliphatic rings. The Balaban J connectivity index is 1.92. The van der Waals surface area contributed by atoms with Gasteiger partial charge >= 0.3 is 0 Å². The highest BCUT2D eigenvalue weighted by molar-refractivity contribution is 5.03. The molecule has 5 heteroatoms. The summed E-state index contributed by atoms with van der Waals surface area (Å²) in [5.41, 5.74) is 1.17. The van der Waals surface area contributed by atoms with Crippen LogP contribution in [0.15, 0.2) is 18.7 Å². The number of hydrogen-bond donors (Lipinski definition) is 1. The van der Waals surface area contributed by atoms with Crippen LogP contribution in [-0.4, -0.2) is 53.4 Å². The van der Waals surface area contributed by atoms with Gasteiger partial charge in [-0.25, -0.2) is 9.97 Å². The number of nitrogens with zero attached hydrogens (tertiary/aromatic N) is 3. The second kappa shape index (κ2) is 7.67. The molecule has 0 spiro atoms. The van der Waals surface area contributed by atoms with E-state index in [1.807, 2.05) is 12.4 Å². The van der Waals surface area contributed by atoms with Gasteiger partial charge < -0.3 is 9.84 Å². The summed E-state index contributed by atoms with van der Waals surface area (Å²) in [4.78, 5) is 10.5. The summed E-state index contributed by atoms with van der Waals surface area (Å²) in [6.45, 7) is 3.93. The number of aliphatic hydroxyl groups is 1. The first-order chi connectivity index (χ1) is 9.78. The Morgan fingerprint density at radius 2 is 2.20 bits per heavy atom. The van der Waals surface area contributed by atoms with Gasteiger partial charge in [0.2, 0.25) is 0 Å². The number of rotatable bonds is 7. The molecule has 0 bridgehead atoms. The zero-order chi connectivity index (χ0) is 14.3. The Labute approximate surface area is 121 Å². The summed E-state index contributed by atoms with van der Waals surface area (Å²) >= 11 is 0. The lowest BCUT2D eigenvalue weighted by molar-refractivity contribution is 0.0158. The van der Waals surface area contributed by atoms with E-state index >= 15 is 0 Å². The molecule has 2 heterocycles. The van der Waals surface area contributed by atoms with E-state index in [1.165, 1.54) is 0 Å². The van der Waals surface area contributed by atoms with E-state index in [-0.39, 0.29) is 12.0 Å². The summed E-state index contributed by atoms with van der Waals surface area (Å²) in [7, 11) is 1.73. The van der Waals surface area contributed by atoms with Crippen LogP contribution in [0.4, 0.5) is 0 Å². The third kappa shape index (κ3) is 4.23. The van der Waals surface area contributed by atoms with Crippen LogP contribution in [0.3, 0.4) is 0 Å². The molecule has 0 amide bonds. The van der Waals surface area contributed by atoms with Crippen molar-refractivity contribution in [2.75, 3.05) is 33.4 Å². The second-order valence-corrected chi connectivity index (χ2v) is 5.82.